The number of hydrogen-bond acceptors (Lipinski definition) is 12. The Morgan fingerprint density at radius 2 is 0.558 bits per heavy atom. The number of ether oxygens (including phenoxy) is 2. The van der Waals surface area contributed by atoms with Gasteiger partial charge in [0.1, 0.15) is 23.0 Å². The highest BCUT2D eigenvalue weighted by Crippen LogP contribution is 2.55. The minimum atomic E-state index is -0.591. The number of anilines is 6. The van der Waals surface area contributed by atoms with Gasteiger partial charge < -0.3 is 19.3 Å². The van der Waals surface area contributed by atoms with Crippen molar-refractivity contribution < 1.29 is 47.8 Å². The molecule has 0 aliphatic carbocycles. The Kier molecular flexibility index (Phi) is 14.6. The first-order chi connectivity index (χ1) is 49.9. The van der Waals surface area contributed by atoms with Crippen molar-refractivity contribution in [2.75, 3.05) is 57.6 Å². The normalized spacial score (nSPS) is 14.4. The van der Waals surface area contributed by atoms with E-state index in [1.807, 2.05) is 178 Å². The van der Waals surface area contributed by atoms with Crippen LogP contribution in [0.15, 0.2) is 182 Å². The van der Waals surface area contributed by atoms with E-state index < -0.39 is 47.3 Å². The van der Waals surface area contributed by atoms with E-state index in [2.05, 4.69) is 0 Å². The summed E-state index contributed by atoms with van der Waals surface area (Å²) in [6.07, 6.45) is 0. The summed E-state index contributed by atoms with van der Waals surface area (Å²) in [6, 6.07) is 53.4. The van der Waals surface area contributed by atoms with E-state index in [0.717, 1.165) is 54.2 Å². The third-order valence-electron chi connectivity index (χ3n) is 21.3. The van der Waals surface area contributed by atoms with Gasteiger partial charge in [-0.2, -0.15) is 0 Å². The summed E-state index contributed by atoms with van der Waals surface area (Å²) >= 11 is 0. The number of rotatable bonds is 14. The molecule has 8 amide bonds. The Bertz CT molecular complexity index is 5620. The maximum atomic E-state index is 16.2. The SMILES string of the molecule is CC(C)c1cccc(C(C)C)c1N1C(=O)c2ccc3c4c(Oc5ccc(N6C(=O)c7cccc8c(N(C)C)ccc(c78)C6=O)cc5)cc5c6c(ccc(c7c(Oc8ccc(N9C(=O)c%10cccc%11c(N(C)C)ccc(c%10%11)C9=O)cc8)cc(c2c37)C1=O)c64)C(=O)N(c1c(C(C)C)cccc1C(C)C)C5=O. The van der Waals surface area contributed by atoms with Crippen LogP contribution in [0.5, 0.6) is 23.0 Å². The van der Waals surface area contributed by atoms with Crippen LogP contribution in [0.1, 0.15) is 184 Å². The molecule has 0 saturated heterocycles. The van der Waals surface area contributed by atoms with Crippen LogP contribution in [-0.4, -0.2) is 75.4 Å². The van der Waals surface area contributed by atoms with Crippen molar-refractivity contribution in [3.05, 3.63) is 249 Å². The van der Waals surface area contributed by atoms with Gasteiger partial charge in [-0.1, -0.05) is 128 Å². The lowest BCUT2D eigenvalue weighted by atomic mass is 9.80. The van der Waals surface area contributed by atoms with Crippen LogP contribution >= 0.6 is 0 Å². The lowest BCUT2D eigenvalue weighted by Gasteiger charge is -2.34. The number of carbonyl (C=O) groups excluding carboxylic acids is 8. The second kappa shape index (κ2) is 23.5. The molecule has 512 valence electrons. The second-order valence-corrected chi connectivity index (χ2v) is 29.1. The highest BCUT2D eigenvalue weighted by molar-refractivity contribution is 6.47. The summed E-state index contributed by atoms with van der Waals surface area (Å²) in [4.78, 5) is 131. The molecule has 0 radical (unpaired) electrons. The van der Waals surface area contributed by atoms with Gasteiger partial charge in [0.15, 0.2) is 0 Å². The number of amides is 8. The van der Waals surface area contributed by atoms with Crippen molar-refractivity contribution >= 4 is 146 Å². The Morgan fingerprint density at radius 3 is 0.885 bits per heavy atom. The summed E-state index contributed by atoms with van der Waals surface area (Å²) in [6.45, 7) is 16.2. The Labute approximate surface area is 599 Å². The van der Waals surface area contributed by atoms with E-state index in [-0.39, 0.29) is 80.3 Å². The van der Waals surface area contributed by atoms with E-state index >= 15 is 19.2 Å². The molecule has 13 aromatic rings. The van der Waals surface area contributed by atoms with Crippen LogP contribution in [0, 0.1) is 0 Å². The van der Waals surface area contributed by atoms with Gasteiger partial charge in [0.2, 0.25) is 0 Å². The average Bonchev–Trinajstić information content (AvgIpc) is 0.677. The first kappa shape index (κ1) is 64.8. The van der Waals surface area contributed by atoms with Crippen LogP contribution in [0.4, 0.5) is 34.1 Å². The van der Waals surface area contributed by atoms with Crippen molar-refractivity contribution in [3.63, 3.8) is 0 Å². The summed E-state index contributed by atoms with van der Waals surface area (Å²) in [5.41, 5.74) is 8.86. The molecule has 0 bridgehead atoms. The van der Waals surface area contributed by atoms with Crippen LogP contribution in [0.2, 0.25) is 0 Å². The van der Waals surface area contributed by atoms with Gasteiger partial charge in [-0.05, 0) is 166 Å². The predicted octanol–water partition coefficient (Wildman–Crippen LogP) is 19.5. The monoisotopic (exact) mass is 1370 g/mol. The molecular formula is C88H70N6O10. The van der Waals surface area contributed by atoms with Gasteiger partial charge in [0.25, 0.3) is 47.3 Å². The molecule has 17 rings (SSSR count). The zero-order valence-electron chi connectivity index (χ0n) is 59.4. The lowest BCUT2D eigenvalue weighted by Crippen LogP contribution is -2.42. The molecule has 4 aliphatic heterocycles. The van der Waals surface area contributed by atoms with Crippen LogP contribution < -0.4 is 38.9 Å². The quantitative estimate of drug-likeness (QED) is 0.0573. The molecule has 16 heteroatoms. The molecule has 4 heterocycles. The van der Waals surface area contributed by atoms with E-state index in [9.17, 15) is 19.2 Å². The number of carbonyl (C=O) groups is 8. The van der Waals surface area contributed by atoms with Crippen molar-refractivity contribution in [1.82, 2.24) is 0 Å². The molecule has 0 N–H and O–H groups in total. The third-order valence-corrected chi connectivity index (χ3v) is 21.3. The van der Waals surface area contributed by atoms with Crippen molar-refractivity contribution in [2.24, 2.45) is 0 Å². The molecule has 0 spiro atoms. The zero-order valence-corrected chi connectivity index (χ0v) is 59.4. The highest BCUT2D eigenvalue weighted by atomic mass is 16.5. The Hall–Kier alpha value is -12.6. The number of imide groups is 4. The average molecular weight is 1370 g/mol. The topological polar surface area (TPSA) is 174 Å². The molecule has 104 heavy (non-hydrogen) atoms. The van der Waals surface area contributed by atoms with E-state index in [0.29, 0.717) is 87.5 Å². The Morgan fingerprint density at radius 1 is 0.269 bits per heavy atom. The van der Waals surface area contributed by atoms with E-state index in [1.165, 1.54) is 9.80 Å². The lowest BCUT2D eigenvalue weighted by molar-refractivity contribution is 0.0877. The van der Waals surface area contributed by atoms with Crippen LogP contribution in [0.25, 0.3) is 64.6 Å². The van der Waals surface area contributed by atoms with E-state index in [1.54, 1.807) is 97.1 Å². The van der Waals surface area contributed by atoms with E-state index in [4.69, 9.17) is 9.47 Å². The molecule has 0 unspecified atom stereocenters. The van der Waals surface area contributed by atoms with Gasteiger partial charge in [-0.25, -0.2) is 19.6 Å². The van der Waals surface area contributed by atoms with Gasteiger partial charge >= 0.3 is 0 Å². The maximum Gasteiger partial charge on any atom is 0.266 e. The molecular weight excluding hydrogens is 1300 g/mol. The Balaban J connectivity index is 0.882. The van der Waals surface area contributed by atoms with Gasteiger partial charge in [0, 0.05) is 127 Å². The van der Waals surface area contributed by atoms with Gasteiger partial charge in [-0.15, -0.1) is 0 Å². The zero-order chi connectivity index (χ0) is 72.6. The molecule has 0 atom stereocenters. The largest absolute Gasteiger partial charge is 0.457 e. The third kappa shape index (κ3) is 9.22. The number of fused-ring (bicyclic) bond motifs is 2. The minimum absolute atomic E-state index is 0.0985. The molecule has 13 aromatic carbocycles. The summed E-state index contributed by atoms with van der Waals surface area (Å²) < 4.78 is 14.4. The maximum absolute atomic E-state index is 16.2. The number of para-hydroxylation sites is 2. The molecule has 0 aromatic heterocycles. The first-order valence-electron chi connectivity index (χ1n) is 35.1. The van der Waals surface area contributed by atoms with Crippen molar-refractivity contribution in [2.45, 2.75) is 79.1 Å². The van der Waals surface area contributed by atoms with Crippen LogP contribution in [0.3, 0.4) is 0 Å². The molecule has 0 fully saturated rings. The summed E-state index contributed by atoms with van der Waals surface area (Å²) in [5.74, 6) is -3.74. The fourth-order valence-electron chi connectivity index (χ4n) is 16.5. The molecule has 16 nitrogen and oxygen atoms in total. The molecule has 0 saturated carbocycles. The predicted molar refractivity (Wildman–Crippen MR) is 411 cm³/mol. The number of hydrogen-bond donors (Lipinski definition) is 0. The number of nitrogens with zero attached hydrogens (tertiary/aromatic N) is 6. The standard InChI is InChI=1S/C88H70N6O10/c1-43(2)51-17-13-18-52(44(3)4)79(51)93-85(99)63-35-33-57-76-70(104-50-31-27-48(28-32-50)92-82(96)60-24-16-22-56-68(90(11)12)40-38-62(72(56)60)84(92)98)42-66-74-64(86(100)94(88(66)102)80-53(45(5)6)19-14-20-54(80)46(7)8)36-34-58(78(74)76)75-69(41-65(87(93)101)73(63)77(57)75)103-49-29-25-47(26-30-49)91-81(95)59-23-15-21-55-67(89(9)10)39-37-61(71(55)59)83(91)97/h13-46H,1-12H3. The van der Waals surface area contributed by atoms with Gasteiger partial charge in [0.05, 0.1) is 33.9 Å². The molecule has 4 aliphatic rings. The van der Waals surface area contributed by atoms with Crippen molar-refractivity contribution in [3.8, 4) is 23.0 Å². The smallest absolute Gasteiger partial charge is 0.266 e. The first-order valence-corrected chi connectivity index (χ1v) is 35.1. The summed E-state index contributed by atoms with van der Waals surface area (Å²) in [5, 5.41) is 6.19. The number of benzene rings is 13. The fourth-order valence-corrected chi connectivity index (χ4v) is 16.5. The van der Waals surface area contributed by atoms with Crippen LogP contribution in [-0.2, 0) is 0 Å². The fraction of sp³-hybridized carbons (Fsp3) is 0.182. The van der Waals surface area contributed by atoms with Crippen molar-refractivity contribution in [1.29, 1.82) is 0 Å². The highest BCUT2D eigenvalue weighted by Gasteiger charge is 2.44. The second-order valence-electron chi connectivity index (χ2n) is 29.1. The minimum Gasteiger partial charge on any atom is -0.457 e. The summed E-state index contributed by atoms with van der Waals surface area (Å²) in [7, 11) is 7.64. The van der Waals surface area contributed by atoms with Gasteiger partial charge in [-0.3, -0.25) is 38.4 Å².